The molecule has 25 heavy (non-hydrogen) atoms. The Morgan fingerprint density at radius 2 is 1.80 bits per heavy atom. The van der Waals surface area contributed by atoms with E-state index in [1.165, 1.54) is 10.4 Å². The van der Waals surface area contributed by atoms with Crippen molar-refractivity contribution in [1.29, 1.82) is 0 Å². The van der Waals surface area contributed by atoms with Gasteiger partial charge in [-0.15, -0.1) is 0 Å². The maximum atomic E-state index is 13.0. The van der Waals surface area contributed by atoms with Crippen LogP contribution in [0.2, 0.25) is 0 Å². The summed E-state index contributed by atoms with van der Waals surface area (Å²) < 4.78 is 33.0. The second-order valence-corrected chi connectivity index (χ2v) is 8.59. The topological polar surface area (TPSA) is 79.0 Å². The van der Waals surface area contributed by atoms with E-state index in [4.69, 9.17) is 4.74 Å². The first-order valence-electron chi connectivity index (χ1n) is 8.63. The molecule has 2 fully saturated rings. The van der Waals surface area contributed by atoms with Crippen LogP contribution in [0, 0.1) is 0 Å². The van der Waals surface area contributed by atoms with Gasteiger partial charge in [-0.3, -0.25) is 4.79 Å². The molecule has 1 N–H and O–H groups in total. The molecular weight excluding hydrogens is 342 g/mol. The maximum absolute atomic E-state index is 13.0. The predicted molar refractivity (Wildman–Crippen MR) is 94.0 cm³/mol. The largest absolute Gasteiger partial charge is 0.373 e. The molecule has 0 saturated carbocycles. The molecule has 2 atom stereocenters. The van der Waals surface area contributed by atoms with Crippen LogP contribution < -0.4 is 5.32 Å². The fraction of sp³-hybridized carbons (Fsp3) is 0.588. The number of hydrogen-bond donors (Lipinski definition) is 1. The summed E-state index contributed by atoms with van der Waals surface area (Å²) in [6, 6.07) is 6.35. The summed E-state index contributed by atoms with van der Waals surface area (Å²) in [5.41, 5.74) is 0.414. The van der Waals surface area contributed by atoms with E-state index in [1.54, 1.807) is 23.1 Å². The third-order valence-corrected chi connectivity index (χ3v) is 6.34. The molecule has 2 unspecified atom stereocenters. The van der Waals surface area contributed by atoms with Crippen molar-refractivity contribution in [2.45, 2.75) is 31.0 Å². The highest BCUT2D eigenvalue weighted by atomic mass is 32.2. The van der Waals surface area contributed by atoms with Crippen molar-refractivity contribution in [2.24, 2.45) is 0 Å². The minimum absolute atomic E-state index is 0.123. The molecule has 2 aliphatic rings. The van der Waals surface area contributed by atoms with Crippen molar-refractivity contribution in [3.63, 3.8) is 0 Å². The van der Waals surface area contributed by atoms with E-state index >= 15 is 0 Å². The van der Waals surface area contributed by atoms with Crippen molar-refractivity contribution in [3.05, 3.63) is 29.8 Å². The molecule has 2 saturated heterocycles. The second kappa shape index (κ2) is 7.41. The molecule has 0 bridgehead atoms. The van der Waals surface area contributed by atoms with E-state index in [0.717, 1.165) is 13.1 Å². The minimum Gasteiger partial charge on any atom is -0.373 e. The van der Waals surface area contributed by atoms with Gasteiger partial charge in [0.25, 0.3) is 5.91 Å². The van der Waals surface area contributed by atoms with Crippen molar-refractivity contribution in [1.82, 2.24) is 14.5 Å². The average Bonchev–Trinajstić information content (AvgIpc) is 2.61. The van der Waals surface area contributed by atoms with Crippen molar-refractivity contribution >= 4 is 15.9 Å². The number of nitrogens with zero attached hydrogens (tertiary/aromatic N) is 2. The summed E-state index contributed by atoms with van der Waals surface area (Å²) >= 11 is 0. The van der Waals surface area contributed by atoms with E-state index in [2.05, 4.69) is 5.32 Å². The first-order chi connectivity index (χ1) is 11.9. The molecule has 3 rings (SSSR count). The summed E-state index contributed by atoms with van der Waals surface area (Å²) in [7, 11) is -3.64. The number of hydrogen-bond acceptors (Lipinski definition) is 5. The third-order valence-electron chi connectivity index (χ3n) is 4.51. The number of ether oxygens (including phenoxy) is 1. The number of carbonyl (C=O) groups is 1. The van der Waals surface area contributed by atoms with Crippen molar-refractivity contribution in [3.8, 4) is 0 Å². The zero-order chi connectivity index (χ0) is 18.0. The number of rotatable bonds is 3. The van der Waals surface area contributed by atoms with E-state index in [9.17, 15) is 13.2 Å². The van der Waals surface area contributed by atoms with Gasteiger partial charge in [0.15, 0.2) is 0 Å². The molecular formula is C17H25N3O4S. The number of piperazine rings is 1. The van der Waals surface area contributed by atoms with Gasteiger partial charge in [-0.25, -0.2) is 8.42 Å². The standard InChI is InChI=1S/C17H25N3O4S/c1-13-11-20(12-14(2)24-13)25(22,23)16-5-3-4-15(10-16)17(21)19-8-6-18-7-9-19/h3-5,10,13-14,18H,6-9,11-12H2,1-2H3. The first-order valence-corrected chi connectivity index (χ1v) is 10.1. The van der Waals surface area contributed by atoms with Crippen LogP contribution in [0.25, 0.3) is 0 Å². The maximum Gasteiger partial charge on any atom is 0.253 e. The minimum atomic E-state index is -3.64. The highest BCUT2D eigenvalue weighted by molar-refractivity contribution is 7.89. The molecule has 0 spiro atoms. The van der Waals surface area contributed by atoms with Crippen LogP contribution in [0.4, 0.5) is 0 Å². The Morgan fingerprint density at radius 3 is 2.44 bits per heavy atom. The van der Waals surface area contributed by atoms with Crippen LogP contribution in [-0.2, 0) is 14.8 Å². The van der Waals surface area contributed by atoms with Crippen molar-refractivity contribution in [2.75, 3.05) is 39.3 Å². The summed E-state index contributed by atoms with van der Waals surface area (Å²) in [6.45, 7) is 7.15. The Kier molecular flexibility index (Phi) is 5.43. The summed E-state index contributed by atoms with van der Waals surface area (Å²) in [6.07, 6.45) is -0.298. The molecule has 0 aliphatic carbocycles. The highest BCUT2D eigenvalue weighted by Gasteiger charge is 2.32. The molecule has 8 heteroatoms. The van der Waals surface area contributed by atoms with Crippen molar-refractivity contribution < 1.29 is 17.9 Å². The first kappa shape index (κ1) is 18.3. The van der Waals surface area contributed by atoms with Crippen LogP contribution in [0.15, 0.2) is 29.2 Å². The Hall–Kier alpha value is -1.48. The molecule has 2 heterocycles. The fourth-order valence-electron chi connectivity index (χ4n) is 3.32. The normalized spacial score (nSPS) is 25.8. The molecule has 7 nitrogen and oxygen atoms in total. The summed E-state index contributed by atoms with van der Waals surface area (Å²) in [5.74, 6) is -0.123. The van der Waals surface area contributed by atoms with Gasteiger partial charge in [-0.05, 0) is 32.0 Å². The SMILES string of the molecule is CC1CN(S(=O)(=O)c2cccc(C(=O)N3CCNCC3)c2)CC(C)O1. The number of sulfonamides is 1. The quantitative estimate of drug-likeness (QED) is 0.843. The van der Waals surface area contributed by atoms with Gasteiger partial charge in [-0.2, -0.15) is 4.31 Å². The smallest absolute Gasteiger partial charge is 0.253 e. The van der Waals surface area contributed by atoms with Gasteiger partial charge in [0, 0.05) is 44.8 Å². The molecule has 2 aliphatic heterocycles. The Balaban J connectivity index is 1.83. The highest BCUT2D eigenvalue weighted by Crippen LogP contribution is 2.22. The summed E-state index contributed by atoms with van der Waals surface area (Å²) in [4.78, 5) is 14.5. The lowest BCUT2D eigenvalue weighted by Gasteiger charge is -2.34. The van der Waals surface area contributed by atoms with Gasteiger partial charge < -0.3 is 15.0 Å². The molecule has 1 aromatic rings. The van der Waals surface area contributed by atoms with Crippen LogP contribution in [0.5, 0.6) is 0 Å². The van der Waals surface area contributed by atoms with E-state index in [-0.39, 0.29) is 23.0 Å². The Morgan fingerprint density at radius 1 is 1.16 bits per heavy atom. The molecule has 138 valence electrons. The number of nitrogens with one attached hydrogen (secondary N) is 1. The molecule has 1 amide bonds. The lowest BCUT2D eigenvalue weighted by Crippen LogP contribution is -2.48. The van der Waals surface area contributed by atoms with Gasteiger partial charge in [0.05, 0.1) is 17.1 Å². The van der Waals surface area contributed by atoms with Gasteiger partial charge >= 0.3 is 0 Å². The fourth-order valence-corrected chi connectivity index (χ4v) is 4.95. The van der Waals surface area contributed by atoms with Gasteiger partial charge in [0.1, 0.15) is 0 Å². The van der Waals surface area contributed by atoms with Gasteiger partial charge in [-0.1, -0.05) is 6.07 Å². The number of morpholine rings is 1. The lowest BCUT2D eigenvalue weighted by atomic mass is 10.2. The lowest BCUT2D eigenvalue weighted by molar-refractivity contribution is -0.0440. The number of amides is 1. The number of benzene rings is 1. The molecule has 0 aromatic heterocycles. The second-order valence-electron chi connectivity index (χ2n) is 6.65. The third kappa shape index (κ3) is 4.03. The van der Waals surface area contributed by atoms with Crippen LogP contribution in [0.3, 0.4) is 0 Å². The summed E-state index contributed by atoms with van der Waals surface area (Å²) in [5, 5.41) is 3.20. The van der Waals surface area contributed by atoms with Crippen LogP contribution >= 0.6 is 0 Å². The Labute approximate surface area is 149 Å². The zero-order valence-electron chi connectivity index (χ0n) is 14.6. The van der Waals surface area contributed by atoms with Crippen LogP contribution in [-0.4, -0.2) is 75.0 Å². The zero-order valence-corrected chi connectivity index (χ0v) is 15.5. The monoisotopic (exact) mass is 367 g/mol. The number of carbonyl (C=O) groups excluding carboxylic acids is 1. The predicted octanol–water partition coefficient (Wildman–Crippen LogP) is 0.530. The molecule has 0 radical (unpaired) electrons. The van der Waals surface area contributed by atoms with E-state index < -0.39 is 10.0 Å². The average molecular weight is 367 g/mol. The van der Waals surface area contributed by atoms with E-state index in [1.807, 2.05) is 13.8 Å². The van der Waals surface area contributed by atoms with Crippen LogP contribution in [0.1, 0.15) is 24.2 Å². The van der Waals surface area contributed by atoms with Gasteiger partial charge in [0.2, 0.25) is 10.0 Å². The Bertz CT molecular complexity index is 721. The van der Waals surface area contributed by atoms with E-state index in [0.29, 0.717) is 31.7 Å². The molecule has 1 aromatic carbocycles.